The lowest BCUT2D eigenvalue weighted by Crippen LogP contribution is -2.35. The third-order valence-corrected chi connectivity index (χ3v) is 1.83. The van der Waals surface area contributed by atoms with Gasteiger partial charge < -0.3 is 5.32 Å². The highest BCUT2D eigenvalue weighted by molar-refractivity contribution is 5.87. The maximum atomic E-state index is 11.6. The maximum absolute atomic E-state index is 11.6. The molecule has 0 atom stereocenters. The van der Waals surface area contributed by atoms with Gasteiger partial charge in [0, 0.05) is 18.7 Å². The number of carbonyl (C=O) groups excluding carboxylic acids is 1. The number of aromatic nitrogens is 2. The number of hydrogen-bond acceptors (Lipinski definition) is 3. The van der Waals surface area contributed by atoms with Crippen LogP contribution >= 0.6 is 0 Å². The van der Waals surface area contributed by atoms with Crippen molar-refractivity contribution in [3.05, 3.63) is 22.7 Å². The molecular formula is C10H15N3O2. The van der Waals surface area contributed by atoms with Crippen molar-refractivity contribution >= 4 is 11.7 Å². The highest BCUT2D eigenvalue weighted by Crippen LogP contribution is 2.10. The van der Waals surface area contributed by atoms with Crippen LogP contribution in [0.3, 0.4) is 0 Å². The molecule has 5 nitrogen and oxygen atoms in total. The fraction of sp³-hybridized carbons (Fsp3) is 0.500. The van der Waals surface area contributed by atoms with Crippen LogP contribution in [0.25, 0.3) is 0 Å². The number of anilines is 1. The van der Waals surface area contributed by atoms with Crippen LogP contribution in [-0.2, 0) is 10.3 Å². The van der Waals surface area contributed by atoms with Gasteiger partial charge in [0.1, 0.15) is 5.82 Å². The Morgan fingerprint density at radius 3 is 2.47 bits per heavy atom. The molecule has 0 bridgehead atoms. The Kier molecular flexibility index (Phi) is 2.93. The molecule has 0 unspecified atom stereocenters. The Balaban J connectivity index is 3.10. The summed E-state index contributed by atoms with van der Waals surface area (Å²) < 4.78 is 1.51. The molecule has 1 rings (SSSR count). The molecule has 0 aliphatic rings. The van der Waals surface area contributed by atoms with Crippen LogP contribution in [0.2, 0.25) is 0 Å². The van der Waals surface area contributed by atoms with Crippen LogP contribution in [0.4, 0.5) is 5.82 Å². The minimum atomic E-state index is -0.367. The van der Waals surface area contributed by atoms with Gasteiger partial charge in [0.25, 0.3) is 0 Å². The van der Waals surface area contributed by atoms with E-state index in [0.717, 1.165) is 0 Å². The first-order valence-electron chi connectivity index (χ1n) is 4.68. The average Bonchev–Trinajstić information content (AvgIpc) is 1.99. The van der Waals surface area contributed by atoms with Gasteiger partial charge in [0.05, 0.1) is 0 Å². The molecule has 1 aromatic rings. The van der Waals surface area contributed by atoms with Crippen molar-refractivity contribution in [2.75, 3.05) is 5.32 Å². The molecule has 1 amide bonds. The molecule has 0 spiro atoms. The van der Waals surface area contributed by atoms with Gasteiger partial charge >= 0.3 is 5.69 Å². The SMILES string of the molecule is CC(=O)Nc1ccn(C(C)(C)C)c(=O)n1. The predicted octanol–water partition coefficient (Wildman–Crippen LogP) is 0.957. The second-order valence-electron chi connectivity index (χ2n) is 4.32. The van der Waals surface area contributed by atoms with E-state index in [9.17, 15) is 9.59 Å². The number of carbonyl (C=O) groups is 1. The lowest BCUT2D eigenvalue weighted by molar-refractivity contribution is -0.114. The Morgan fingerprint density at radius 1 is 1.47 bits per heavy atom. The van der Waals surface area contributed by atoms with Crippen LogP contribution in [0.5, 0.6) is 0 Å². The van der Waals surface area contributed by atoms with Gasteiger partial charge in [-0.2, -0.15) is 4.98 Å². The lowest BCUT2D eigenvalue weighted by Gasteiger charge is -2.21. The van der Waals surface area contributed by atoms with Crippen molar-refractivity contribution in [1.82, 2.24) is 9.55 Å². The summed E-state index contributed by atoms with van der Waals surface area (Å²) in [6.07, 6.45) is 1.63. The number of nitrogens with zero attached hydrogens (tertiary/aromatic N) is 2. The summed E-state index contributed by atoms with van der Waals surface area (Å²) in [5.74, 6) is 0.0448. The van der Waals surface area contributed by atoms with Crippen molar-refractivity contribution in [2.24, 2.45) is 0 Å². The number of amides is 1. The Hall–Kier alpha value is -1.65. The van der Waals surface area contributed by atoms with Gasteiger partial charge in [0.2, 0.25) is 5.91 Å². The predicted molar refractivity (Wildman–Crippen MR) is 57.8 cm³/mol. The Morgan fingerprint density at radius 2 is 2.07 bits per heavy atom. The smallest absolute Gasteiger partial charge is 0.311 e. The average molecular weight is 209 g/mol. The molecule has 1 N–H and O–H groups in total. The topological polar surface area (TPSA) is 64.0 Å². The lowest BCUT2D eigenvalue weighted by atomic mass is 10.1. The molecule has 15 heavy (non-hydrogen) atoms. The minimum Gasteiger partial charge on any atom is -0.311 e. The molecule has 0 aromatic carbocycles. The maximum Gasteiger partial charge on any atom is 0.349 e. The van der Waals surface area contributed by atoms with E-state index in [1.165, 1.54) is 11.5 Å². The quantitative estimate of drug-likeness (QED) is 0.749. The molecule has 0 saturated heterocycles. The van der Waals surface area contributed by atoms with Gasteiger partial charge in [-0.25, -0.2) is 4.79 Å². The zero-order valence-corrected chi connectivity index (χ0v) is 9.37. The van der Waals surface area contributed by atoms with Gasteiger partial charge in [-0.05, 0) is 26.8 Å². The molecule has 1 heterocycles. The van der Waals surface area contributed by atoms with Gasteiger partial charge in [0.15, 0.2) is 0 Å². The monoisotopic (exact) mass is 209 g/mol. The molecule has 0 saturated carbocycles. The third kappa shape index (κ3) is 2.90. The first kappa shape index (κ1) is 11.4. The van der Waals surface area contributed by atoms with Crippen molar-refractivity contribution in [3.63, 3.8) is 0 Å². The molecule has 5 heteroatoms. The summed E-state index contributed by atoms with van der Waals surface area (Å²) in [5.41, 5.74) is -0.674. The summed E-state index contributed by atoms with van der Waals surface area (Å²) in [6, 6.07) is 1.61. The Labute approximate surface area is 88.1 Å². The summed E-state index contributed by atoms with van der Waals surface area (Å²) in [6.45, 7) is 7.10. The van der Waals surface area contributed by atoms with E-state index in [1.54, 1.807) is 12.3 Å². The van der Waals surface area contributed by atoms with Crippen LogP contribution in [0, 0.1) is 0 Å². The molecule has 1 aromatic heterocycles. The van der Waals surface area contributed by atoms with Gasteiger partial charge in [-0.3, -0.25) is 9.36 Å². The van der Waals surface area contributed by atoms with Crippen molar-refractivity contribution in [1.29, 1.82) is 0 Å². The van der Waals surface area contributed by atoms with E-state index < -0.39 is 0 Å². The van der Waals surface area contributed by atoms with E-state index in [-0.39, 0.29) is 23.0 Å². The summed E-state index contributed by atoms with van der Waals surface area (Å²) in [7, 11) is 0. The van der Waals surface area contributed by atoms with E-state index in [1.807, 2.05) is 20.8 Å². The van der Waals surface area contributed by atoms with E-state index in [4.69, 9.17) is 0 Å². The molecule has 0 radical (unpaired) electrons. The molecular weight excluding hydrogens is 194 g/mol. The van der Waals surface area contributed by atoms with Crippen molar-refractivity contribution in [3.8, 4) is 0 Å². The minimum absolute atomic E-state index is 0.240. The second-order valence-corrected chi connectivity index (χ2v) is 4.32. The summed E-state index contributed by atoms with van der Waals surface area (Å²) >= 11 is 0. The number of hydrogen-bond donors (Lipinski definition) is 1. The fourth-order valence-electron chi connectivity index (χ4n) is 1.16. The van der Waals surface area contributed by atoms with E-state index in [2.05, 4.69) is 10.3 Å². The highest BCUT2D eigenvalue weighted by Gasteiger charge is 2.14. The van der Waals surface area contributed by atoms with Crippen LogP contribution in [0.15, 0.2) is 17.1 Å². The van der Waals surface area contributed by atoms with Gasteiger partial charge in [-0.15, -0.1) is 0 Å². The fourth-order valence-corrected chi connectivity index (χ4v) is 1.16. The number of nitrogens with one attached hydrogen (secondary N) is 1. The summed E-state index contributed by atoms with van der Waals surface area (Å²) in [4.78, 5) is 26.1. The first-order valence-corrected chi connectivity index (χ1v) is 4.68. The molecule has 0 fully saturated rings. The van der Waals surface area contributed by atoms with E-state index >= 15 is 0 Å². The Bertz CT molecular complexity index is 429. The first-order chi connectivity index (χ1) is 6.80. The highest BCUT2D eigenvalue weighted by atomic mass is 16.2. The standard InChI is InChI=1S/C10H15N3O2/c1-7(14)11-8-5-6-13(9(15)12-8)10(2,3)4/h5-6H,1-4H3,(H,11,12,14,15). The van der Waals surface area contributed by atoms with Crippen molar-refractivity contribution < 1.29 is 4.79 Å². The van der Waals surface area contributed by atoms with Gasteiger partial charge in [-0.1, -0.05) is 0 Å². The molecule has 82 valence electrons. The van der Waals surface area contributed by atoms with Crippen molar-refractivity contribution in [2.45, 2.75) is 33.2 Å². The van der Waals surface area contributed by atoms with E-state index in [0.29, 0.717) is 0 Å². The molecule has 0 aliphatic carbocycles. The van der Waals surface area contributed by atoms with Crippen LogP contribution in [0.1, 0.15) is 27.7 Å². The zero-order valence-electron chi connectivity index (χ0n) is 9.37. The number of rotatable bonds is 1. The normalized spacial score (nSPS) is 11.2. The zero-order chi connectivity index (χ0) is 11.6. The van der Waals surface area contributed by atoms with Crippen LogP contribution < -0.4 is 11.0 Å². The molecule has 0 aliphatic heterocycles. The largest absolute Gasteiger partial charge is 0.349 e. The van der Waals surface area contributed by atoms with Crippen LogP contribution in [-0.4, -0.2) is 15.5 Å². The third-order valence-electron chi connectivity index (χ3n) is 1.83. The summed E-state index contributed by atoms with van der Waals surface area (Å²) in [5, 5.41) is 2.46. The second kappa shape index (κ2) is 3.84.